The van der Waals surface area contributed by atoms with Gasteiger partial charge >= 0.3 is 0 Å². The molecule has 0 saturated carbocycles. The zero-order chi connectivity index (χ0) is 14.7. The topological polar surface area (TPSA) is 46.9 Å². The fourth-order valence-electron chi connectivity index (χ4n) is 1.89. The van der Waals surface area contributed by atoms with Gasteiger partial charge in [0.05, 0.1) is 6.42 Å². The highest BCUT2D eigenvalue weighted by atomic mass is 35.5. The van der Waals surface area contributed by atoms with E-state index in [4.69, 9.17) is 11.6 Å². The molecule has 21 heavy (non-hydrogen) atoms. The molecule has 0 aliphatic heterocycles. The van der Waals surface area contributed by atoms with Crippen molar-refractivity contribution in [2.24, 2.45) is 0 Å². The smallest absolute Gasteiger partial charge is 0.229 e. The molecule has 1 amide bonds. The molecule has 0 aliphatic rings. The van der Waals surface area contributed by atoms with Crippen molar-refractivity contribution in [3.8, 4) is 5.13 Å². The van der Waals surface area contributed by atoms with Crippen LogP contribution in [0.3, 0.4) is 0 Å². The standard InChI is InChI=1S/C15H12ClN3OS/c16-11-4-3-5-12(8-11)18-14(20)9-13-10-17-15(21-13)19-6-1-2-7-19/h1-8,10H,9H2,(H,18,20). The number of carbonyl (C=O) groups excluding carboxylic acids is 1. The average Bonchev–Trinajstić information content (AvgIpc) is 3.08. The molecule has 1 N–H and O–H groups in total. The van der Waals surface area contributed by atoms with E-state index >= 15 is 0 Å². The Morgan fingerprint density at radius 1 is 1.29 bits per heavy atom. The van der Waals surface area contributed by atoms with Gasteiger partial charge in [0.2, 0.25) is 5.91 Å². The Labute approximate surface area is 131 Å². The summed E-state index contributed by atoms with van der Waals surface area (Å²) in [5, 5.41) is 4.27. The summed E-state index contributed by atoms with van der Waals surface area (Å²) in [7, 11) is 0. The lowest BCUT2D eigenvalue weighted by atomic mass is 10.3. The number of hydrogen-bond acceptors (Lipinski definition) is 3. The average molecular weight is 318 g/mol. The van der Waals surface area contributed by atoms with Crippen molar-refractivity contribution in [1.82, 2.24) is 9.55 Å². The van der Waals surface area contributed by atoms with Gasteiger partial charge in [-0.3, -0.25) is 4.79 Å². The van der Waals surface area contributed by atoms with Crippen LogP contribution in [0, 0.1) is 0 Å². The second-order valence-corrected chi connectivity index (χ2v) is 5.96. The van der Waals surface area contributed by atoms with Gasteiger partial charge in [0.1, 0.15) is 0 Å². The first-order valence-corrected chi connectivity index (χ1v) is 7.53. The van der Waals surface area contributed by atoms with E-state index in [0.29, 0.717) is 17.1 Å². The molecule has 0 unspecified atom stereocenters. The van der Waals surface area contributed by atoms with E-state index in [0.717, 1.165) is 10.0 Å². The molecule has 2 heterocycles. The monoisotopic (exact) mass is 317 g/mol. The number of hydrogen-bond donors (Lipinski definition) is 1. The molecule has 0 atom stereocenters. The summed E-state index contributed by atoms with van der Waals surface area (Å²) in [5.41, 5.74) is 0.697. The van der Waals surface area contributed by atoms with Crippen molar-refractivity contribution in [1.29, 1.82) is 0 Å². The van der Waals surface area contributed by atoms with Crippen LogP contribution in [0.2, 0.25) is 5.02 Å². The lowest BCUT2D eigenvalue weighted by molar-refractivity contribution is -0.115. The molecule has 0 radical (unpaired) electrons. The maximum Gasteiger partial charge on any atom is 0.229 e. The molecule has 106 valence electrons. The molecular formula is C15H12ClN3OS. The van der Waals surface area contributed by atoms with E-state index in [2.05, 4.69) is 10.3 Å². The van der Waals surface area contributed by atoms with Crippen molar-refractivity contribution in [2.45, 2.75) is 6.42 Å². The van der Waals surface area contributed by atoms with E-state index in [9.17, 15) is 4.79 Å². The highest BCUT2D eigenvalue weighted by Gasteiger charge is 2.09. The Morgan fingerprint density at radius 2 is 2.10 bits per heavy atom. The summed E-state index contributed by atoms with van der Waals surface area (Å²) in [6.45, 7) is 0. The first-order valence-electron chi connectivity index (χ1n) is 6.34. The Morgan fingerprint density at radius 3 is 2.86 bits per heavy atom. The number of benzene rings is 1. The van der Waals surface area contributed by atoms with Crippen molar-refractivity contribution in [3.05, 3.63) is 64.9 Å². The normalized spacial score (nSPS) is 10.5. The minimum atomic E-state index is -0.0834. The third-order valence-corrected chi connectivity index (χ3v) is 4.06. The van der Waals surface area contributed by atoms with Crippen molar-refractivity contribution >= 4 is 34.5 Å². The second-order valence-electron chi connectivity index (χ2n) is 4.43. The highest BCUT2D eigenvalue weighted by Crippen LogP contribution is 2.19. The number of carbonyl (C=O) groups is 1. The molecule has 3 aromatic rings. The highest BCUT2D eigenvalue weighted by molar-refractivity contribution is 7.14. The van der Waals surface area contributed by atoms with Gasteiger partial charge in [0.25, 0.3) is 0 Å². The molecule has 2 aromatic heterocycles. The first-order chi connectivity index (χ1) is 10.2. The number of thiazole rings is 1. The van der Waals surface area contributed by atoms with Gasteiger partial charge in [-0.15, -0.1) is 11.3 Å². The van der Waals surface area contributed by atoms with E-state index in [1.54, 1.807) is 24.4 Å². The summed E-state index contributed by atoms with van der Waals surface area (Å²) >= 11 is 7.38. The van der Waals surface area contributed by atoms with Gasteiger partial charge < -0.3 is 9.88 Å². The minimum absolute atomic E-state index is 0.0834. The molecule has 0 aliphatic carbocycles. The van der Waals surface area contributed by atoms with E-state index in [1.165, 1.54) is 11.3 Å². The van der Waals surface area contributed by atoms with E-state index < -0.39 is 0 Å². The van der Waals surface area contributed by atoms with Crippen LogP contribution >= 0.6 is 22.9 Å². The maximum atomic E-state index is 12.0. The largest absolute Gasteiger partial charge is 0.326 e. The SMILES string of the molecule is O=C(Cc1cnc(-n2cccc2)s1)Nc1cccc(Cl)c1. The van der Waals surface area contributed by atoms with E-state index in [1.807, 2.05) is 35.2 Å². The van der Waals surface area contributed by atoms with Gasteiger partial charge in [-0.2, -0.15) is 0 Å². The number of aromatic nitrogens is 2. The predicted molar refractivity (Wildman–Crippen MR) is 85.2 cm³/mol. The van der Waals surface area contributed by atoms with Crippen molar-refractivity contribution in [2.75, 3.05) is 5.32 Å². The van der Waals surface area contributed by atoms with Crippen LogP contribution < -0.4 is 5.32 Å². The number of nitrogens with zero attached hydrogens (tertiary/aromatic N) is 2. The second kappa shape index (κ2) is 6.11. The third-order valence-electron chi connectivity index (χ3n) is 2.81. The van der Waals surface area contributed by atoms with Crippen LogP contribution in [0.4, 0.5) is 5.69 Å². The Hall–Kier alpha value is -2.11. The van der Waals surface area contributed by atoms with Gasteiger partial charge in [0.15, 0.2) is 5.13 Å². The van der Waals surface area contributed by atoms with Gasteiger partial charge in [0, 0.05) is 34.2 Å². The van der Waals surface area contributed by atoms with Crippen LogP contribution in [-0.2, 0) is 11.2 Å². The summed E-state index contributed by atoms with van der Waals surface area (Å²) < 4.78 is 1.92. The quantitative estimate of drug-likeness (QED) is 0.796. The molecule has 0 spiro atoms. The summed E-state index contributed by atoms with van der Waals surface area (Å²) in [6.07, 6.45) is 5.88. The fourth-order valence-corrected chi connectivity index (χ4v) is 2.96. The molecule has 0 fully saturated rings. The molecule has 6 heteroatoms. The predicted octanol–water partition coefficient (Wildman–Crippen LogP) is 3.77. The number of nitrogens with one attached hydrogen (secondary N) is 1. The van der Waals surface area contributed by atoms with Crippen molar-refractivity contribution < 1.29 is 4.79 Å². The number of anilines is 1. The Balaban J connectivity index is 1.65. The van der Waals surface area contributed by atoms with Gasteiger partial charge in [-0.05, 0) is 30.3 Å². The molecular weight excluding hydrogens is 306 g/mol. The molecule has 1 aromatic carbocycles. The first kappa shape index (κ1) is 13.9. The van der Waals surface area contributed by atoms with Crippen LogP contribution in [0.1, 0.15) is 4.88 Å². The molecule has 3 rings (SSSR count). The number of amides is 1. The summed E-state index contributed by atoms with van der Waals surface area (Å²) in [6, 6.07) is 11.0. The minimum Gasteiger partial charge on any atom is -0.326 e. The van der Waals surface area contributed by atoms with Crippen LogP contribution in [0.25, 0.3) is 5.13 Å². The number of halogens is 1. The van der Waals surface area contributed by atoms with Crippen LogP contribution in [0.5, 0.6) is 0 Å². The number of rotatable bonds is 4. The lowest BCUT2D eigenvalue weighted by Gasteiger charge is -2.04. The van der Waals surface area contributed by atoms with E-state index in [-0.39, 0.29) is 5.91 Å². The van der Waals surface area contributed by atoms with Crippen LogP contribution in [0.15, 0.2) is 55.0 Å². The lowest BCUT2D eigenvalue weighted by Crippen LogP contribution is -2.13. The van der Waals surface area contributed by atoms with Gasteiger partial charge in [-0.25, -0.2) is 4.98 Å². The Kier molecular flexibility index (Phi) is 4.03. The van der Waals surface area contributed by atoms with Gasteiger partial charge in [-0.1, -0.05) is 17.7 Å². The summed E-state index contributed by atoms with van der Waals surface area (Å²) in [4.78, 5) is 17.2. The van der Waals surface area contributed by atoms with Crippen LogP contribution in [-0.4, -0.2) is 15.5 Å². The summed E-state index contributed by atoms with van der Waals surface area (Å²) in [5.74, 6) is -0.0834. The Bertz CT molecular complexity index is 752. The maximum absolute atomic E-state index is 12.0. The zero-order valence-electron chi connectivity index (χ0n) is 11.0. The van der Waals surface area contributed by atoms with Crippen molar-refractivity contribution in [3.63, 3.8) is 0 Å². The molecule has 0 bridgehead atoms. The zero-order valence-corrected chi connectivity index (χ0v) is 12.6. The molecule has 4 nitrogen and oxygen atoms in total. The molecule has 0 saturated heterocycles. The fraction of sp³-hybridized carbons (Fsp3) is 0.0667. The third kappa shape index (κ3) is 3.51.